The summed E-state index contributed by atoms with van der Waals surface area (Å²) in [6.07, 6.45) is 0.759. The summed E-state index contributed by atoms with van der Waals surface area (Å²) in [7, 11) is 0. The van der Waals surface area contributed by atoms with Gasteiger partial charge in [-0.2, -0.15) is 0 Å². The zero-order valence-electron chi connectivity index (χ0n) is 14.5. The molecule has 0 saturated heterocycles. The first kappa shape index (κ1) is 18.7. The highest BCUT2D eigenvalue weighted by Crippen LogP contribution is 2.36. The molecule has 0 saturated carbocycles. The van der Waals surface area contributed by atoms with Crippen molar-refractivity contribution in [1.82, 2.24) is 0 Å². The van der Waals surface area contributed by atoms with Crippen LogP contribution in [0.4, 0.5) is 4.39 Å². The van der Waals surface area contributed by atoms with Gasteiger partial charge in [-0.3, -0.25) is 4.79 Å². The maximum atomic E-state index is 13.3. The van der Waals surface area contributed by atoms with Crippen molar-refractivity contribution in [3.8, 4) is 11.5 Å². The molecule has 0 N–H and O–H groups in total. The van der Waals surface area contributed by atoms with Crippen molar-refractivity contribution >= 4 is 44.8 Å². The largest absolute Gasteiger partial charge is 0.490 e. The Morgan fingerprint density at radius 3 is 2.71 bits per heavy atom. The number of ketones is 1. The highest BCUT2D eigenvalue weighted by Gasteiger charge is 2.21. The van der Waals surface area contributed by atoms with Crippen molar-refractivity contribution in [2.24, 2.45) is 0 Å². The smallest absolute Gasteiger partial charge is 0.350 e. The predicted molar refractivity (Wildman–Crippen MR) is 103 cm³/mol. The van der Waals surface area contributed by atoms with Crippen LogP contribution in [-0.2, 0) is 4.74 Å². The number of ether oxygens (including phenoxy) is 3. The molecule has 2 heterocycles. The number of Topliss-reactive ketones (excluding diaryl/α,β-unsaturated/α-hetero) is 1. The Hall–Kier alpha value is -2.64. The number of carbonyl (C=O) groups is 2. The Balaban J connectivity index is 1.47. The summed E-state index contributed by atoms with van der Waals surface area (Å²) in [6.45, 7) is 0.611. The molecule has 0 atom stereocenters. The van der Waals surface area contributed by atoms with Crippen molar-refractivity contribution in [2.75, 3.05) is 19.8 Å². The molecule has 0 spiro atoms. The predicted octanol–water partition coefficient (Wildman–Crippen LogP) is 4.89. The summed E-state index contributed by atoms with van der Waals surface area (Å²) < 4.78 is 30.1. The zero-order chi connectivity index (χ0) is 19.7. The maximum absolute atomic E-state index is 13.3. The number of esters is 1. The van der Waals surface area contributed by atoms with E-state index in [0.29, 0.717) is 40.4 Å². The maximum Gasteiger partial charge on any atom is 0.350 e. The van der Waals surface area contributed by atoms with Gasteiger partial charge < -0.3 is 14.2 Å². The number of halogens is 2. The van der Waals surface area contributed by atoms with Crippen molar-refractivity contribution in [3.05, 3.63) is 57.7 Å². The first-order valence-electron chi connectivity index (χ1n) is 8.50. The van der Waals surface area contributed by atoms with Crippen LogP contribution in [0.15, 0.2) is 36.4 Å². The van der Waals surface area contributed by atoms with Gasteiger partial charge in [-0.25, -0.2) is 9.18 Å². The van der Waals surface area contributed by atoms with Gasteiger partial charge in [0, 0.05) is 22.1 Å². The average molecular weight is 421 g/mol. The lowest BCUT2D eigenvalue weighted by molar-refractivity contribution is 0.0480. The van der Waals surface area contributed by atoms with Gasteiger partial charge in [0.05, 0.1) is 18.2 Å². The molecule has 28 heavy (non-hydrogen) atoms. The molecule has 4 rings (SSSR count). The Labute approximate surface area is 168 Å². The van der Waals surface area contributed by atoms with Crippen LogP contribution in [-0.4, -0.2) is 31.6 Å². The van der Waals surface area contributed by atoms with E-state index in [-0.39, 0.29) is 15.7 Å². The minimum Gasteiger partial charge on any atom is -0.490 e. The number of benzene rings is 2. The van der Waals surface area contributed by atoms with Gasteiger partial charge in [-0.05, 0) is 36.4 Å². The molecule has 1 aromatic heterocycles. The van der Waals surface area contributed by atoms with E-state index in [9.17, 15) is 14.0 Å². The normalized spacial score (nSPS) is 13.2. The van der Waals surface area contributed by atoms with E-state index in [1.54, 1.807) is 18.2 Å². The Morgan fingerprint density at radius 1 is 1.11 bits per heavy atom. The van der Waals surface area contributed by atoms with Crippen LogP contribution in [0.1, 0.15) is 26.5 Å². The fourth-order valence-electron chi connectivity index (χ4n) is 2.79. The molecule has 0 aliphatic carbocycles. The Morgan fingerprint density at radius 2 is 1.89 bits per heavy atom. The van der Waals surface area contributed by atoms with Crippen LogP contribution < -0.4 is 9.47 Å². The summed E-state index contributed by atoms with van der Waals surface area (Å²) >= 11 is 7.22. The second-order valence-corrected chi connectivity index (χ2v) is 7.53. The third-order valence-corrected chi connectivity index (χ3v) is 5.82. The molecule has 144 valence electrons. The summed E-state index contributed by atoms with van der Waals surface area (Å²) in [6, 6.07) is 8.90. The van der Waals surface area contributed by atoms with E-state index in [1.807, 2.05) is 0 Å². The highest BCUT2D eigenvalue weighted by atomic mass is 35.5. The van der Waals surface area contributed by atoms with E-state index in [1.165, 1.54) is 18.2 Å². The third-order valence-electron chi connectivity index (χ3n) is 4.18. The van der Waals surface area contributed by atoms with Gasteiger partial charge in [0.1, 0.15) is 10.7 Å². The minimum absolute atomic E-state index is 0.133. The molecular formula is C20H14ClFO5S. The fourth-order valence-corrected chi connectivity index (χ4v) is 4.21. The monoisotopic (exact) mass is 420 g/mol. The van der Waals surface area contributed by atoms with Gasteiger partial charge in [0.25, 0.3) is 0 Å². The average Bonchev–Trinajstić information content (AvgIpc) is 2.87. The first-order valence-corrected chi connectivity index (χ1v) is 9.70. The molecule has 0 fully saturated rings. The van der Waals surface area contributed by atoms with E-state index in [0.717, 1.165) is 17.8 Å². The topological polar surface area (TPSA) is 61.8 Å². The number of rotatable bonds is 4. The number of carbonyl (C=O) groups excluding carboxylic acids is 2. The van der Waals surface area contributed by atoms with E-state index < -0.39 is 18.4 Å². The van der Waals surface area contributed by atoms with Crippen molar-refractivity contribution in [3.63, 3.8) is 0 Å². The van der Waals surface area contributed by atoms with Crippen LogP contribution in [0, 0.1) is 5.82 Å². The zero-order valence-corrected chi connectivity index (χ0v) is 16.1. The quantitative estimate of drug-likeness (QED) is 0.444. The van der Waals surface area contributed by atoms with Crippen LogP contribution in [0.5, 0.6) is 11.5 Å². The number of hydrogen-bond acceptors (Lipinski definition) is 6. The first-order chi connectivity index (χ1) is 13.5. The van der Waals surface area contributed by atoms with Crippen molar-refractivity contribution in [1.29, 1.82) is 0 Å². The number of fused-ring (bicyclic) bond motifs is 2. The minimum atomic E-state index is -0.727. The lowest BCUT2D eigenvalue weighted by Gasteiger charge is -2.09. The van der Waals surface area contributed by atoms with E-state index in [2.05, 4.69) is 0 Å². The van der Waals surface area contributed by atoms with Gasteiger partial charge in [0.2, 0.25) is 0 Å². The van der Waals surface area contributed by atoms with Gasteiger partial charge >= 0.3 is 5.97 Å². The highest BCUT2D eigenvalue weighted by molar-refractivity contribution is 7.21. The molecule has 5 nitrogen and oxygen atoms in total. The molecule has 3 aromatic rings. The summed E-state index contributed by atoms with van der Waals surface area (Å²) in [5.41, 5.74) is 0.349. The molecule has 1 aliphatic rings. The van der Waals surface area contributed by atoms with Crippen LogP contribution in [0.2, 0.25) is 5.02 Å². The molecule has 0 amide bonds. The second kappa shape index (κ2) is 7.77. The molecule has 8 heteroatoms. The Kier molecular flexibility index (Phi) is 5.19. The van der Waals surface area contributed by atoms with Gasteiger partial charge in [-0.15, -0.1) is 11.3 Å². The van der Waals surface area contributed by atoms with Crippen molar-refractivity contribution in [2.45, 2.75) is 6.42 Å². The lowest BCUT2D eigenvalue weighted by atomic mass is 10.1. The third kappa shape index (κ3) is 3.68. The molecule has 0 bridgehead atoms. The van der Waals surface area contributed by atoms with Gasteiger partial charge in [-0.1, -0.05) is 11.6 Å². The van der Waals surface area contributed by atoms with Crippen LogP contribution in [0.3, 0.4) is 0 Å². The fraction of sp³-hybridized carbons (Fsp3) is 0.200. The number of hydrogen-bond donors (Lipinski definition) is 0. The summed E-state index contributed by atoms with van der Waals surface area (Å²) in [5, 5.41) is 0.752. The van der Waals surface area contributed by atoms with E-state index in [4.69, 9.17) is 25.8 Å². The molecule has 0 radical (unpaired) electrons. The summed E-state index contributed by atoms with van der Waals surface area (Å²) in [5.74, 6) is -0.462. The second-order valence-electron chi connectivity index (χ2n) is 6.10. The molecule has 2 aromatic carbocycles. The van der Waals surface area contributed by atoms with Gasteiger partial charge in [0.15, 0.2) is 23.9 Å². The van der Waals surface area contributed by atoms with E-state index >= 15 is 0 Å². The Bertz CT molecular complexity index is 1080. The lowest BCUT2D eigenvalue weighted by Crippen LogP contribution is -2.14. The molecular weight excluding hydrogens is 407 g/mol. The molecule has 1 aliphatic heterocycles. The van der Waals surface area contributed by atoms with Crippen LogP contribution >= 0.6 is 22.9 Å². The SMILES string of the molecule is O=C(COC(=O)c1sc2cc(F)ccc2c1Cl)c1ccc2c(c1)OCCCO2. The molecule has 0 unspecified atom stereocenters. The van der Waals surface area contributed by atoms with Crippen LogP contribution in [0.25, 0.3) is 10.1 Å². The van der Waals surface area contributed by atoms with Crippen molar-refractivity contribution < 1.29 is 28.2 Å². The summed E-state index contributed by atoms with van der Waals surface area (Å²) in [4.78, 5) is 24.9. The standard InChI is InChI=1S/C20H14ClFO5S/c21-18-13-4-3-12(22)9-17(13)28-19(18)20(24)27-10-14(23)11-2-5-15-16(8-11)26-7-1-6-25-15/h2-5,8-9H,1,6-7,10H2. The number of thiophene rings is 1.